The average Bonchev–Trinajstić information content (AvgIpc) is 2.05. The Bertz CT molecular complexity index is 482. The van der Waals surface area contributed by atoms with E-state index in [0.29, 0.717) is 0 Å². The first-order chi connectivity index (χ1) is 7.01. The minimum absolute atomic E-state index is 0.129. The number of rotatable bonds is 2. The van der Waals surface area contributed by atoms with Crippen molar-refractivity contribution in [3.8, 4) is 0 Å². The molecule has 2 rings (SSSR count). The van der Waals surface area contributed by atoms with E-state index < -0.39 is 20.9 Å². The van der Waals surface area contributed by atoms with Crippen molar-refractivity contribution in [1.29, 1.82) is 0 Å². The quantitative estimate of drug-likeness (QED) is 0.781. The third-order valence-electron chi connectivity index (χ3n) is 2.27. The summed E-state index contributed by atoms with van der Waals surface area (Å²) in [4.78, 5) is 0.129. The molecule has 1 aromatic carbocycles. The van der Waals surface area contributed by atoms with Gasteiger partial charge in [0.25, 0.3) is 0 Å². The summed E-state index contributed by atoms with van der Waals surface area (Å²) in [6, 6.07) is 3.69. The Morgan fingerprint density at radius 1 is 1.40 bits per heavy atom. The van der Waals surface area contributed by atoms with Gasteiger partial charge in [-0.15, -0.1) is 0 Å². The second-order valence-electron chi connectivity index (χ2n) is 3.28. The molecule has 1 aromatic rings. The summed E-state index contributed by atoms with van der Waals surface area (Å²) < 4.78 is 41.6. The summed E-state index contributed by atoms with van der Waals surface area (Å²) >= 11 is 2.96. The molecule has 0 N–H and O–H groups in total. The van der Waals surface area contributed by atoms with Crippen LogP contribution in [0.1, 0.15) is 0 Å². The Hall–Kier alpha value is -0.460. The van der Waals surface area contributed by atoms with Crippen LogP contribution in [0, 0.1) is 5.82 Å². The van der Waals surface area contributed by atoms with Crippen LogP contribution in [0.15, 0.2) is 27.6 Å². The molecule has 1 aliphatic rings. The lowest BCUT2D eigenvalue weighted by Crippen LogP contribution is -2.40. The molecule has 82 valence electrons. The molecule has 0 aliphatic carbocycles. The maximum atomic E-state index is 12.9. The number of benzene rings is 1. The highest BCUT2D eigenvalue weighted by molar-refractivity contribution is 9.10. The minimum atomic E-state index is -3.36. The molecular formula is C9H8BrFO3S. The number of halogens is 2. The van der Waals surface area contributed by atoms with E-state index >= 15 is 0 Å². The molecule has 0 aromatic heterocycles. The van der Waals surface area contributed by atoms with Crippen molar-refractivity contribution in [2.24, 2.45) is 0 Å². The molecule has 0 spiro atoms. The molecular weight excluding hydrogens is 287 g/mol. The van der Waals surface area contributed by atoms with Crippen LogP contribution in [0.25, 0.3) is 0 Å². The number of sulfone groups is 1. The van der Waals surface area contributed by atoms with Gasteiger partial charge in [-0.25, -0.2) is 12.8 Å². The van der Waals surface area contributed by atoms with E-state index in [1.165, 1.54) is 12.1 Å². The fourth-order valence-electron chi connectivity index (χ4n) is 1.24. The van der Waals surface area contributed by atoms with E-state index in [2.05, 4.69) is 15.9 Å². The molecule has 0 bridgehead atoms. The lowest BCUT2D eigenvalue weighted by molar-refractivity contribution is 0.0416. The average molecular weight is 295 g/mol. The number of hydrogen-bond acceptors (Lipinski definition) is 3. The summed E-state index contributed by atoms with van der Waals surface area (Å²) in [5.41, 5.74) is 0. The summed E-state index contributed by atoms with van der Waals surface area (Å²) in [6.45, 7) is 0.439. The molecule has 0 saturated carbocycles. The van der Waals surface area contributed by atoms with Crippen molar-refractivity contribution in [3.05, 3.63) is 28.5 Å². The summed E-state index contributed by atoms with van der Waals surface area (Å²) in [5.74, 6) is -0.473. The Morgan fingerprint density at radius 3 is 2.53 bits per heavy atom. The van der Waals surface area contributed by atoms with Crippen LogP contribution in [-0.2, 0) is 14.6 Å². The van der Waals surface area contributed by atoms with E-state index in [9.17, 15) is 12.8 Å². The Morgan fingerprint density at radius 2 is 2.07 bits per heavy atom. The zero-order chi connectivity index (χ0) is 11.1. The van der Waals surface area contributed by atoms with Gasteiger partial charge in [0.2, 0.25) is 0 Å². The predicted octanol–water partition coefficient (Wildman–Crippen LogP) is 1.76. The summed E-state index contributed by atoms with van der Waals surface area (Å²) in [7, 11) is -3.36. The SMILES string of the molecule is O=S(=O)(c1ccc(F)c(Br)c1)C1COC1. The maximum Gasteiger partial charge on any atom is 0.185 e. The molecule has 1 heterocycles. The van der Waals surface area contributed by atoms with Crippen LogP contribution in [0.3, 0.4) is 0 Å². The van der Waals surface area contributed by atoms with E-state index in [4.69, 9.17) is 4.74 Å². The van der Waals surface area contributed by atoms with Gasteiger partial charge in [-0.1, -0.05) is 0 Å². The van der Waals surface area contributed by atoms with Crippen molar-refractivity contribution in [3.63, 3.8) is 0 Å². The molecule has 0 unspecified atom stereocenters. The van der Waals surface area contributed by atoms with Crippen molar-refractivity contribution < 1.29 is 17.5 Å². The fourth-order valence-corrected chi connectivity index (χ4v) is 3.25. The molecule has 3 nitrogen and oxygen atoms in total. The normalized spacial score (nSPS) is 17.5. The van der Waals surface area contributed by atoms with Gasteiger partial charge in [0.1, 0.15) is 11.1 Å². The lowest BCUT2D eigenvalue weighted by atomic mass is 10.3. The third kappa shape index (κ3) is 1.93. The molecule has 6 heteroatoms. The lowest BCUT2D eigenvalue weighted by Gasteiger charge is -2.25. The first kappa shape index (κ1) is 11.0. The van der Waals surface area contributed by atoms with Gasteiger partial charge in [-0.05, 0) is 34.1 Å². The summed E-state index contributed by atoms with van der Waals surface area (Å²) in [6.07, 6.45) is 0. The van der Waals surface area contributed by atoms with Crippen LogP contribution in [0.2, 0.25) is 0 Å². The standard InChI is InChI=1S/C9H8BrFO3S/c10-8-3-6(1-2-9(8)11)15(12,13)7-4-14-5-7/h1-3,7H,4-5H2. The maximum absolute atomic E-state index is 12.9. The zero-order valence-electron chi connectivity index (χ0n) is 7.61. The van der Waals surface area contributed by atoms with Crippen molar-refractivity contribution in [2.75, 3.05) is 13.2 Å². The number of hydrogen-bond donors (Lipinski definition) is 0. The van der Waals surface area contributed by atoms with Gasteiger partial charge in [-0.3, -0.25) is 0 Å². The first-order valence-electron chi connectivity index (χ1n) is 4.28. The Balaban J connectivity index is 2.40. The van der Waals surface area contributed by atoms with Crippen molar-refractivity contribution in [2.45, 2.75) is 10.1 Å². The van der Waals surface area contributed by atoms with E-state index in [1.807, 2.05) is 0 Å². The van der Waals surface area contributed by atoms with E-state index in [-0.39, 0.29) is 22.6 Å². The Labute approximate surface area is 95.3 Å². The molecule has 1 saturated heterocycles. The highest BCUT2D eigenvalue weighted by Crippen LogP contribution is 2.25. The summed E-state index contributed by atoms with van der Waals surface area (Å²) in [5, 5.41) is -0.491. The predicted molar refractivity (Wildman–Crippen MR) is 55.9 cm³/mol. The van der Waals surface area contributed by atoms with Gasteiger partial charge >= 0.3 is 0 Å². The largest absolute Gasteiger partial charge is 0.379 e. The van der Waals surface area contributed by atoms with Gasteiger partial charge in [0.15, 0.2) is 9.84 Å². The molecule has 1 aliphatic heterocycles. The van der Waals surface area contributed by atoms with Crippen LogP contribution in [-0.4, -0.2) is 26.9 Å². The third-order valence-corrected chi connectivity index (χ3v) is 4.93. The van der Waals surface area contributed by atoms with Crippen LogP contribution >= 0.6 is 15.9 Å². The molecule has 0 radical (unpaired) electrons. The smallest absolute Gasteiger partial charge is 0.185 e. The van der Waals surface area contributed by atoms with Gasteiger partial charge in [0, 0.05) is 0 Å². The van der Waals surface area contributed by atoms with E-state index in [0.717, 1.165) is 6.07 Å². The van der Waals surface area contributed by atoms with E-state index in [1.54, 1.807) is 0 Å². The second kappa shape index (κ2) is 3.84. The van der Waals surface area contributed by atoms with Gasteiger partial charge in [0.05, 0.1) is 22.6 Å². The van der Waals surface area contributed by atoms with Gasteiger partial charge < -0.3 is 4.74 Å². The second-order valence-corrected chi connectivity index (χ2v) is 6.36. The molecule has 1 fully saturated rings. The Kier molecular flexibility index (Phi) is 2.83. The van der Waals surface area contributed by atoms with Gasteiger partial charge in [-0.2, -0.15) is 0 Å². The van der Waals surface area contributed by atoms with Crippen LogP contribution in [0.5, 0.6) is 0 Å². The monoisotopic (exact) mass is 294 g/mol. The highest BCUT2D eigenvalue weighted by Gasteiger charge is 2.34. The molecule has 0 atom stereocenters. The number of ether oxygens (including phenoxy) is 1. The first-order valence-corrected chi connectivity index (χ1v) is 6.62. The minimum Gasteiger partial charge on any atom is -0.379 e. The zero-order valence-corrected chi connectivity index (χ0v) is 10.0. The molecule has 0 amide bonds. The van der Waals surface area contributed by atoms with Crippen molar-refractivity contribution in [1.82, 2.24) is 0 Å². The molecule has 15 heavy (non-hydrogen) atoms. The van der Waals surface area contributed by atoms with Crippen LogP contribution in [0.4, 0.5) is 4.39 Å². The highest BCUT2D eigenvalue weighted by atomic mass is 79.9. The topological polar surface area (TPSA) is 43.4 Å². The fraction of sp³-hybridized carbons (Fsp3) is 0.333. The van der Waals surface area contributed by atoms with Crippen LogP contribution < -0.4 is 0 Å². The van der Waals surface area contributed by atoms with Crippen molar-refractivity contribution >= 4 is 25.8 Å².